The Kier molecular flexibility index (Phi) is 4.94. The molecular formula is C13H17F3N2O. The van der Waals surface area contributed by atoms with E-state index in [0.29, 0.717) is 12.1 Å². The lowest BCUT2D eigenvalue weighted by atomic mass is 10.1. The summed E-state index contributed by atoms with van der Waals surface area (Å²) in [5.74, 6) is -0.629. The van der Waals surface area contributed by atoms with Gasteiger partial charge in [0.1, 0.15) is 0 Å². The molecular weight excluding hydrogens is 257 g/mol. The Labute approximate surface area is 110 Å². The SMILES string of the molecule is CNCC(C)C(=O)Nc1cc(C(F)(F)F)ccc1C. The molecule has 0 radical (unpaired) electrons. The highest BCUT2D eigenvalue weighted by atomic mass is 19.4. The highest BCUT2D eigenvalue weighted by Crippen LogP contribution is 2.32. The molecule has 0 bridgehead atoms. The van der Waals surface area contributed by atoms with E-state index in [1.165, 1.54) is 6.07 Å². The van der Waals surface area contributed by atoms with E-state index in [9.17, 15) is 18.0 Å². The molecule has 0 fully saturated rings. The van der Waals surface area contributed by atoms with Gasteiger partial charge in [-0.3, -0.25) is 4.79 Å². The van der Waals surface area contributed by atoms with Gasteiger partial charge in [-0.1, -0.05) is 13.0 Å². The van der Waals surface area contributed by atoms with E-state index >= 15 is 0 Å². The molecule has 1 unspecified atom stereocenters. The van der Waals surface area contributed by atoms with Crippen LogP contribution in [0.4, 0.5) is 18.9 Å². The zero-order valence-corrected chi connectivity index (χ0v) is 11.1. The number of alkyl halides is 3. The topological polar surface area (TPSA) is 41.1 Å². The van der Waals surface area contributed by atoms with Crippen molar-refractivity contribution < 1.29 is 18.0 Å². The van der Waals surface area contributed by atoms with Crippen LogP contribution in [0.25, 0.3) is 0 Å². The van der Waals surface area contributed by atoms with Gasteiger partial charge in [0.25, 0.3) is 0 Å². The van der Waals surface area contributed by atoms with Crippen LogP contribution in [0.15, 0.2) is 18.2 Å². The molecule has 6 heteroatoms. The van der Waals surface area contributed by atoms with Crippen molar-refractivity contribution in [3.63, 3.8) is 0 Å². The Morgan fingerprint density at radius 3 is 2.53 bits per heavy atom. The Bertz CT molecular complexity index is 458. The van der Waals surface area contributed by atoms with E-state index in [-0.39, 0.29) is 17.5 Å². The van der Waals surface area contributed by atoms with E-state index in [1.807, 2.05) is 0 Å². The van der Waals surface area contributed by atoms with Crippen LogP contribution >= 0.6 is 0 Å². The molecule has 0 aromatic heterocycles. The number of hydrogen-bond acceptors (Lipinski definition) is 2. The van der Waals surface area contributed by atoms with E-state index < -0.39 is 11.7 Å². The standard InChI is InChI=1S/C13H17F3N2O/c1-8-4-5-10(13(14,15)16)6-11(8)18-12(19)9(2)7-17-3/h4-6,9,17H,7H2,1-3H3,(H,18,19). The van der Waals surface area contributed by atoms with Crippen LogP contribution in [0.5, 0.6) is 0 Å². The fourth-order valence-electron chi connectivity index (χ4n) is 1.59. The Morgan fingerprint density at radius 1 is 1.37 bits per heavy atom. The quantitative estimate of drug-likeness (QED) is 0.886. The fraction of sp³-hybridized carbons (Fsp3) is 0.462. The molecule has 19 heavy (non-hydrogen) atoms. The van der Waals surface area contributed by atoms with Gasteiger partial charge in [0.2, 0.25) is 5.91 Å². The van der Waals surface area contributed by atoms with E-state index in [0.717, 1.165) is 12.1 Å². The normalized spacial score (nSPS) is 13.2. The molecule has 1 aromatic carbocycles. The maximum absolute atomic E-state index is 12.6. The van der Waals surface area contributed by atoms with Crippen LogP contribution in [0.1, 0.15) is 18.1 Å². The zero-order valence-electron chi connectivity index (χ0n) is 11.1. The van der Waals surface area contributed by atoms with Gasteiger partial charge >= 0.3 is 6.18 Å². The maximum atomic E-state index is 12.6. The summed E-state index contributed by atoms with van der Waals surface area (Å²) in [6.45, 7) is 3.82. The first-order valence-electron chi connectivity index (χ1n) is 5.89. The zero-order chi connectivity index (χ0) is 14.6. The van der Waals surface area contributed by atoms with Crippen molar-refractivity contribution in [3.8, 4) is 0 Å². The third-order valence-corrected chi connectivity index (χ3v) is 2.78. The lowest BCUT2D eigenvalue weighted by Crippen LogP contribution is -2.29. The molecule has 0 aliphatic heterocycles. The monoisotopic (exact) mass is 274 g/mol. The molecule has 3 nitrogen and oxygen atoms in total. The van der Waals surface area contributed by atoms with Gasteiger partial charge in [0.05, 0.1) is 5.56 Å². The largest absolute Gasteiger partial charge is 0.416 e. The smallest absolute Gasteiger partial charge is 0.326 e. The summed E-state index contributed by atoms with van der Waals surface area (Å²) in [5.41, 5.74) is 0.0236. The lowest BCUT2D eigenvalue weighted by molar-refractivity contribution is -0.137. The van der Waals surface area contributed by atoms with Crippen LogP contribution in [-0.2, 0) is 11.0 Å². The van der Waals surface area contributed by atoms with Gasteiger partial charge in [0, 0.05) is 18.2 Å². The van der Waals surface area contributed by atoms with Crippen LogP contribution < -0.4 is 10.6 Å². The summed E-state index contributed by atoms with van der Waals surface area (Å²) in [5, 5.41) is 5.37. The van der Waals surface area contributed by atoms with Crippen LogP contribution in [0.2, 0.25) is 0 Å². The summed E-state index contributed by atoms with van der Waals surface area (Å²) in [6, 6.07) is 3.31. The molecule has 1 atom stereocenters. The summed E-state index contributed by atoms with van der Waals surface area (Å²) < 4.78 is 37.8. The van der Waals surface area contributed by atoms with Crippen molar-refractivity contribution in [2.24, 2.45) is 5.92 Å². The number of anilines is 1. The van der Waals surface area contributed by atoms with Gasteiger partial charge in [-0.05, 0) is 31.7 Å². The van der Waals surface area contributed by atoms with E-state index in [1.54, 1.807) is 20.9 Å². The molecule has 1 amide bonds. The van der Waals surface area contributed by atoms with Gasteiger partial charge in [-0.15, -0.1) is 0 Å². The van der Waals surface area contributed by atoms with Gasteiger partial charge in [-0.2, -0.15) is 13.2 Å². The van der Waals surface area contributed by atoms with Crippen LogP contribution in [0.3, 0.4) is 0 Å². The third-order valence-electron chi connectivity index (χ3n) is 2.78. The van der Waals surface area contributed by atoms with Crippen molar-refractivity contribution in [1.29, 1.82) is 0 Å². The van der Waals surface area contributed by atoms with E-state index in [2.05, 4.69) is 10.6 Å². The van der Waals surface area contributed by atoms with E-state index in [4.69, 9.17) is 0 Å². The van der Waals surface area contributed by atoms with Crippen molar-refractivity contribution in [2.45, 2.75) is 20.0 Å². The highest BCUT2D eigenvalue weighted by Gasteiger charge is 2.31. The molecule has 0 aliphatic rings. The minimum atomic E-state index is -4.41. The maximum Gasteiger partial charge on any atom is 0.416 e. The van der Waals surface area contributed by atoms with Crippen molar-refractivity contribution in [1.82, 2.24) is 5.32 Å². The number of aryl methyl sites for hydroxylation is 1. The minimum absolute atomic E-state index is 0.197. The summed E-state index contributed by atoms with van der Waals surface area (Å²) in [6.07, 6.45) is -4.41. The Morgan fingerprint density at radius 2 is 2.00 bits per heavy atom. The first-order chi connectivity index (χ1) is 8.75. The molecule has 0 spiro atoms. The van der Waals surface area contributed by atoms with Crippen molar-refractivity contribution in [3.05, 3.63) is 29.3 Å². The molecule has 0 saturated heterocycles. The summed E-state index contributed by atoms with van der Waals surface area (Å²) >= 11 is 0. The number of halogens is 3. The Hall–Kier alpha value is -1.56. The first kappa shape index (κ1) is 15.5. The molecule has 1 rings (SSSR count). The molecule has 0 saturated carbocycles. The van der Waals surface area contributed by atoms with Crippen LogP contribution in [0, 0.1) is 12.8 Å². The number of rotatable bonds is 4. The number of nitrogens with one attached hydrogen (secondary N) is 2. The first-order valence-corrected chi connectivity index (χ1v) is 5.89. The van der Waals surface area contributed by atoms with Crippen molar-refractivity contribution >= 4 is 11.6 Å². The molecule has 1 aromatic rings. The highest BCUT2D eigenvalue weighted by molar-refractivity contribution is 5.93. The summed E-state index contributed by atoms with van der Waals surface area (Å²) in [7, 11) is 1.71. The fourth-order valence-corrected chi connectivity index (χ4v) is 1.59. The number of carbonyl (C=O) groups is 1. The van der Waals surface area contributed by atoms with Crippen molar-refractivity contribution in [2.75, 3.05) is 18.9 Å². The van der Waals surface area contributed by atoms with Gasteiger partial charge < -0.3 is 10.6 Å². The number of hydrogen-bond donors (Lipinski definition) is 2. The van der Waals surface area contributed by atoms with Gasteiger partial charge in [0.15, 0.2) is 0 Å². The number of amides is 1. The number of benzene rings is 1. The average molecular weight is 274 g/mol. The van der Waals surface area contributed by atoms with Crippen LogP contribution in [-0.4, -0.2) is 19.5 Å². The molecule has 2 N–H and O–H groups in total. The second kappa shape index (κ2) is 6.06. The predicted octanol–water partition coefficient (Wildman–Crippen LogP) is 2.81. The second-order valence-electron chi connectivity index (χ2n) is 4.48. The van der Waals surface area contributed by atoms with Gasteiger partial charge in [-0.25, -0.2) is 0 Å². The number of carbonyl (C=O) groups excluding carboxylic acids is 1. The molecule has 0 aliphatic carbocycles. The second-order valence-corrected chi connectivity index (χ2v) is 4.48. The third kappa shape index (κ3) is 4.24. The Balaban J connectivity index is 2.92. The molecule has 0 heterocycles. The summed E-state index contributed by atoms with van der Waals surface area (Å²) in [4.78, 5) is 11.8. The predicted molar refractivity (Wildman–Crippen MR) is 67.9 cm³/mol. The molecule has 106 valence electrons. The lowest BCUT2D eigenvalue weighted by Gasteiger charge is -2.15. The minimum Gasteiger partial charge on any atom is -0.326 e. The average Bonchev–Trinajstić information content (AvgIpc) is 2.30.